The summed E-state index contributed by atoms with van der Waals surface area (Å²) in [6.07, 6.45) is 4.15. The number of likely N-dealkylation sites (tertiary alicyclic amines) is 1. The van der Waals surface area contributed by atoms with E-state index in [1.54, 1.807) is 6.92 Å². The Bertz CT molecular complexity index is 890. The van der Waals surface area contributed by atoms with Gasteiger partial charge in [0.1, 0.15) is 17.3 Å². The second kappa shape index (κ2) is 12.2. The molecule has 2 aromatic rings. The van der Waals surface area contributed by atoms with Crippen LogP contribution < -0.4 is 9.47 Å². The Kier molecular flexibility index (Phi) is 9.37. The molecule has 0 amide bonds. The van der Waals surface area contributed by atoms with Crippen LogP contribution in [0.25, 0.3) is 0 Å². The fraction of sp³-hybridized carbons (Fsp3) is 0.552. The molecule has 33 heavy (non-hydrogen) atoms. The third-order valence-electron chi connectivity index (χ3n) is 6.21. The minimum Gasteiger partial charge on any atom is -0.493 e. The van der Waals surface area contributed by atoms with Crippen molar-refractivity contribution in [2.45, 2.75) is 72.3 Å². The molecule has 1 aliphatic heterocycles. The zero-order chi connectivity index (χ0) is 23.8. The van der Waals surface area contributed by atoms with Crippen molar-refractivity contribution in [2.75, 3.05) is 26.3 Å². The smallest absolute Gasteiger partial charge is 0.143 e. The predicted molar refractivity (Wildman–Crippen MR) is 135 cm³/mol. The molecule has 4 nitrogen and oxygen atoms in total. The van der Waals surface area contributed by atoms with E-state index in [2.05, 4.69) is 75.1 Å². The van der Waals surface area contributed by atoms with Gasteiger partial charge in [-0.15, -0.1) is 0 Å². The summed E-state index contributed by atoms with van der Waals surface area (Å²) in [5, 5.41) is 0. The topological polar surface area (TPSA) is 38.8 Å². The van der Waals surface area contributed by atoms with Crippen LogP contribution in [0.15, 0.2) is 42.5 Å². The molecule has 0 aromatic heterocycles. The number of aryl methyl sites for hydroxylation is 1. The lowest BCUT2D eigenvalue weighted by atomic mass is 9.92. The third-order valence-corrected chi connectivity index (χ3v) is 6.21. The molecule has 0 spiro atoms. The summed E-state index contributed by atoms with van der Waals surface area (Å²) in [5.41, 5.74) is 3.92. The van der Waals surface area contributed by atoms with E-state index in [9.17, 15) is 4.79 Å². The Hall–Kier alpha value is -2.33. The van der Waals surface area contributed by atoms with Crippen LogP contribution >= 0.6 is 0 Å². The molecule has 0 bridgehead atoms. The van der Waals surface area contributed by atoms with E-state index in [1.165, 1.54) is 16.7 Å². The molecule has 2 unspecified atom stereocenters. The SMILES string of the molecule is CCCOc1ccc(C2CC(c3ccc(OCC(C)C)cc3)N(CC(C)=O)C2)cc1CCC. The van der Waals surface area contributed by atoms with Gasteiger partial charge in [0.2, 0.25) is 0 Å². The Balaban J connectivity index is 1.80. The second-order valence-corrected chi connectivity index (χ2v) is 9.82. The van der Waals surface area contributed by atoms with Gasteiger partial charge in [0.05, 0.1) is 19.8 Å². The van der Waals surface area contributed by atoms with Crippen molar-refractivity contribution in [3.8, 4) is 11.5 Å². The summed E-state index contributed by atoms with van der Waals surface area (Å²) < 4.78 is 11.9. The van der Waals surface area contributed by atoms with Crippen LogP contribution in [0.2, 0.25) is 0 Å². The lowest BCUT2D eigenvalue weighted by molar-refractivity contribution is -0.118. The van der Waals surface area contributed by atoms with E-state index in [0.717, 1.165) is 56.9 Å². The average molecular weight is 452 g/mol. The van der Waals surface area contributed by atoms with Crippen LogP contribution in [-0.4, -0.2) is 37.0 Å². The molecule has 1 saturated heterocycles. The second-order valence-electron chi connectivity index (χ2n) is 9.82. The van der Waals surface area contributed by atoms with E-state index < -0.39 is 0 Å². The van der Waals surface area contributed by atoms with Crippen LogP contribution in [-0.2, 0) is 11.2 Å². The molecular weight excluding hydrogens is 410 g/mol. The zero-order valence-corrected chi connectivity index (χ0v) is 21.1. The number of carbonyl (C=O) groups excluding carboxylic acids is 1. The van der Waals surface area contributed by atoms with Crippen LogP contribution in [0.3, 0.4) is 0 Å². The molecule has 1 heterocycles. The summed E-state index contributed by atoms with van der Waals surface area (Å²) in [6.45, 7) is 13.2. The molecule has 0 radical (unpaired) electrons. The molecule has 0 aliphatic carbocycles. The molecule has 3 rings (SSSR count). The highest BCUT2D eigenvalue weighted by atomic mass is 16.5. The zero-order valence-electron chi connectivity index (χ0n) is 21.1. The number of ether oxygens (including phenoxy) is 2. The van der Waals surface area contributed by atoms with Crippen LogP contribution in [0, 0.1) is 5.92 Å². The van der Waals surface area contributed by atoms with Gasteiger partial charge >= 0.3 is 0 Å². The van der Waals surface area contributed by atoms with Crippen molar-refractivity contribution in [3.63, 3.8) is 0 Å². The number of rotatable bonds is 12. The molecule has 2 aromatic carbocycles. The summed E-state index contributed by atoms with van der Waals surface area (Å²) in [7, 11) is 0. The number of Topliss-reactive ketones (excluding diaryl/α,β-unsaturated/α-hetero) is 1. The number of hydrogen-bond acceptors (Lipinski definition) is 4. The van der Waals surface area contributed by atoms with Gasteiger partial charge in [-0.25, -0.2) is 0 Å². The first-order valence-electron chi connectivity index (χ1n) is 12.6. The molecule has 180 valence electrons. The lowest BCUT2D eigenvalue weighted by Gasteiger charge is -2.23. The molecule has 0 N–H and O–H groups in total. The maximum absolute atomic E-state index is 12.0. The summed E-state index contributed by atoms with van der Waals surface area (Å²) >= 11 is 0. The molecular formula is C29H41NO3. The van der Waals surface area contributed by atoms with Gasteiger partial charge in [-0.05, 0) is 72.9 Å². The molecule has 1 aliphatic rings. The number of ketones is 1. The van der Waals surface area contributed by atoms with Crippen molar-refractivity contribution in [1.29, 1.82) is 0 Å². The number of carbonyl (C=O) groups is 1. The predicted octanol–water partition coefficient (Wildman–Crippen LogP) is 6.58. The maximum Gasteiger partial charge on any atom is 0.143 e. The molecule has 0 saturated carbocycles. The Morgan fingerprint density at radius 2 is 1.76 bits per heavy atom. The van der Waals surface area contributed by atoms with Gasteiger partial charge in [-0.2, -0.15) is 0 Å². The first-order chi connectivity index (χ1) is 15.9. The lowest BCUT2D eigenvalue weighted by Crippen LogP contribution is -2.28. The van der Waals surface area contributed by atoms with Crippen LogP contribution in [0.5, 0.6) is 11.5 Å². The van der Waals surface area contributed by atoms with E-state index in [4.69, 9.17) is 9.47 Å². The van der Waals surface area contributed by atoms with Gasteiger partial charge in [0, 0.05) is 12.6 Å². The maximum atomic E-state index is 12.0. The number of hydrogen-bond donors (Lipinski definition) is 0. The van der Waals surface area contributed by atoms with Crippen molar-refractivity contribution in [3.05, 3.63) is 59.2 Å². The van der Waals surface area contributed by atoms with E-state index in [1.807, 2.05) is 0 Å². The largest absolute Gasteiger partial charge is 0.493 e. The van der Waals surface area contributed by atoms with Gasteiger partial charge < -0.3 is 9.47 Å². The Labute approximate surface area is 200 Å². The minimum atomic E-state index is 0.215. The van der Waals surface area contributed by atoms with E-state index >= 15 is 0 Å². The molecule has 2 atom stereocenters. The first kappa shape index (κ1) is 25.3. The Morgan fingerprint density at radius 3 is 2.39 bits per heavy atom. The third kappa shape index (κ3) is 7.07. The quantitative estimate of drug-likeness (QED) is 0.365. The highest BCUT2D eigenvalue weighted by Crippen LogP contribution is 2.41. The van der Waals surface area contributed by atoms with Gasteiger partial charge in [0.15, 0.2) is 0 Å². The van der Waals surface area contributed by atoms with E-state index in [-0.39, 0.29) is 11.8 Å². The number of nitrogens with zero attached hydrogens (tertiary/aromatic N) is 1. The van der Waals surface area contributed by atoms with Crippen molar-refractivity contribution >= 4 is 5.78 Å². The van der Waals surface area contributed by atoms with Crippen LogP contribution in [0.1, 0.15) is 82.5 Å². The number of benzene rings is 2. The highest BCUT2D eigenvalue weighted by Gasteiger charge is 2.34. The van der Waals surface area contributed by atoms with Crippen molar-refractivity contribution in [1.82, 2.24) is 4.90 Å². The monoisotopic (exact) mass is 451 g/mol. The standard InChI is InChI=1S/C29H41NO3/c1-6-8-25-16-24(11-14-29(25)32-15-7-2)26-17-28(30(19-26)18-22(5)31)23-9-12-27(13-10-23)33-20-21(3)4/h9-14,16,21,26,28H,6-8,15,17-20H2,1-5H3. The molecule has 4 heteroatoms. The highest BCUT2D eigenvalue weighted by molar-refractivity contribution is 5.77. The summed E-state index contributed by atoms with van der Waals surface area (Å²) in [6, 6.07) is 15.4. The fourth-order valence-corrected chi connectivity index (χ4v) is 4.67. The first-order valence-corrected chi connectivity index (χ1v) is 12.6. The van der Waals surface area contributed by atoms with Gasteiger partial charge in [-0.1, -0.05) is 58.4 Å². The van der Waals surface area contributed by atoms with Gasteiger partial charge in [-0.3, -0.25) is 9.69 Å². The fourth-order valence-electron chi connectivity index (χ4n) is 4.67. The van der Waals surface area contributed by atoms with Crippen molar-refractivity contribution < 1.29 is 14.3 Å². The minimum absolute atomic E-state index is 0.215. The van der Waals surface area contributed by atoms with E-state index in [0.29, 0.717) is 18.4 Å². The Morgan fingerprint density at radius 1 is 1.03 bits per heavy atom. The average Bonchev–Trinajstić information content (AvgIpc) is 3.20. The van der Waals surface area contributed by atoms with Crippen LogP contribution in [0.4, 0.5) is 0 Å². The normalized spacial score (nSPS) is 18.6. The molecule has 1 fully saturated rings. The van der Waals surface area contributed by atoms with Crippen molar-refractivity contribution in [2.24, 2.45) is 5.92 Å². The van der Waals surface area contributed by atoms with Gasteiger partial charge in [0.25, 0.3) is 0 Å². The summed E-state index contributed by atoms with van der Waals surface area (Å²) in [4.78, 5) is 14.4. The summed E-state index contributed by atoms with van der Waals surface area (Å²) in [5.74, 6) is 3.05.